The number of aromatic hydroxyl groups is 1. The van der Waals surface area contributed by atoms with Gasteiger partial charge in [0, 0.05) is 21.7 Å². The molecule has 0 amide bonds. The largest absolute Gasteiger partial charge is 0.507 e. The van der Waals surface area contributed by atoms with Crippen molar-refractivity contribution >= 4 is 32.0 Å². The van der Waals surface area contributed by atoms with Crippen LogP contribution in [0.4, 0.5) is 0 Å². The topological polar surface area (TPSA) is 66.7 Å². The standard InChI is InChI=1S/C11H10BrNO3S/c12-9-1-2-11(14)8(5-9)6-13-10-3-4-17(15,16)7-10/h1-6,10,14H,7H2/t10-/m1/s1. The van der Waals surface area contributed by atoms with Crippen LogP contribution in [0.15, 0.2) is 39.1 Å². The molecule has 1 heterocycles. The predicted octanol–water partition coefficient (Wildman–Crippen LogP) is 1.88. The van der Waals surface area contributed by atoms with Crippen molar-refractivity contribution in [3.05, 3.63) is 39.7 Å². The molecular weight excluding hydrogens is 306 g/mol. The fourth-order valence-electron chi connectivity index (χ4n) is 1.46. The molecule has 1 atom stereocenters. The van der Waals surface area contributed by atoms with Crippen LogP contribution in [0.1, 0.15) is 5.56 Å². The van der Waals surface area contributed by atoms with Gasteiger partial charge in [-0.3, -0.25) is 4.99 Å². The Morgan fingerprint density at radius 3 is 2.88 bits per heavy atom. The van der Waals surface area contributed by atoms with E-state index < -0.39 is 9.84 Å². The summed E-state index contributed by atoms with van der Waals surface area (Å²) in [5.41, 5.74) is 0.553. The highest BCUT2D eigenvalue weighted by molar-refractivity contribution is 9.10. The molecule has 2 rings (SSSR count). The van der Waals surface area contributed by atoms with Crippen molar-refractivity contribution in [1.29, 1.82) is 0 Å². The van der Waals surface area contributed by atoms with E-state index in [0.717, 1.165) is 4.47 Å². The summed E-state index contributed by atoms with van der Waals surface area (Å²) in [6.45, 7) is 0. The Morgan fingerprint density at radius 1 is 1.47 bits per heavy atom. The second kappa shape index (κ2) is 4.62. The second-order valence-corrected chi connectivity index (χ2v) is 6.55. The smallest absolute Gasteiger partial charge is 0.173 e. The van der Waals surface area contributed by atoms with Crippen LogP contribution in [-0.4, -0.2) is 31.5 Å². The maximum atomic E-state index is 11.2. The van der Waals surface area contributed by atoms with Crippen molar-refractivity contribution in [2.24, 2.45) is 4.99 Å². The molecule has 1 N–H and O–H groups in total. The van der Waals surface area contributed by atoms with Gasteiger partial charge in [0.15, 0.2) is 9.84 Å². The molecule has 0 unspecified atom stereocenters. The average molecular weight is 316 g/mol. The molecule has 0 aliphatic carbocycles. The molecule has 0 spiro atoms. The number of nitrogens with zero attached hydrogens (tertiary/aromatic N) is 1. The van der Waals surface area contributed by atoms with E-state index in [1.54, 1.807) is 24.3 Å². The van der Waals surface area contributed by atoms with E-state index in [4.69, 9.17) is 0 Å². The summed E-state index contributed by atoms with van der Waals surface area (Å²) in [7, 11) is -3.08. The van der Waals surface area contributed by atoms with Gasteiger partial charge in [-0.05, 0) is 24.3 Å². The van der Waals surface area contributed by atoms with Gasteiger partial charge in [0.2, 0.25) is 0 Å². The third-order valence-corrected chi connectivity index (χ3v) is 4.18. The first-order chi connectivity index (χ1) is 7.96. The van der Waals surface area contributed by atoms with Crippen LogP contribution < -0.4 is 0 Å². The van der Waals surface area contributed by atoms with Crippen molar-refractivity contribution < 1.29 is 13.5 Å². The Morgan fingerprint density at radius 2 is 2.24 bits per heavy atom. The zero-order valence-corrected chi connectivity index (χ0v) is 11.1. The van der Waals surface area contributed by atoms with Gasteiger partial charge < -0.3 is 5.11 Å². The fourth-order valence-corrected chi connectivity index (χ4v) is 3.04. The van der Waals surface area contributed by atoms with E-state index in [9.17, 15) is 13.5 Å². The van der Waals surface area contributed by atoms with Crippen molar-refractivity contribution in [1.82, 2.24) is 0 Å². The van der Waals surface area contributed by atoms with Crippen molar-refractivity contribution in [2.45, 2.75) is 6.04 Å². The minimum absolute atomic E-state index is 0.00172. The highest BCUT2D eigenvalue weighted by Gasteiger charge is 2.20. The summed E-state index contributed by atoms with van der Waals surface area (Å²) in [5.74, 6) is 0.111. The molecule has 0 saturated heterocycles. The first kappa shape index (κ1) is 12.3. The van der Waals surface area contributed by atoms with Gasteiger partial charge in [0.05, 0.1) is 11.8 Å². The Balaban J connectivity index is 2.17. The maximum absolute atomic E-state index is 11.2. The Hall–Kier alpha value is -1.14. The number of rotatable bonds is 2. The lowest BCUT2D eigenvalue weighted by Gasteiger charge is -2.01. The molecule has 0 bridgehead atoms. The van der Waals surface area contributed by atoms with Crippen LogP contribution in [0.2, 0.25) is 0 Å². The molecule has 1 aliphatic heterocycles. The van der Waals surface area contributed by atoms with E-state index in [0.29, 0.717) is 5.56 Å². The molecule has 1 aliphatic rings. The number of hydrogen-bond donors (Lipinski definition) is 1. The summed E-state index contributed by atoms with van der Waals surface area (Å²) < 4.78 is 23.1. The molecule has 1 aromatic rings. The third-order valence-electron chi connectivity index (χ3n) is 2.31. The molecule has 0 saturated carbocycles. The zero-order valence-electron chi connectivity index (χ0n) is 8.75. The van der Waals surface area contributed by atoms with Crippen LogP contribution in [0, 0.1) is 0 Å². The highest BCUT2D eigenvalue weighted by Crippen LogP contribution is 2.20. The van der Waals surface area contributed by atoms with Crippen molar-refractivity contribution in [3.8, 4) is 5.75 Å². The Labute approximate surface area is 108 Å². The predicted molar refractivity (Wildman–Crippen MR) is 70.1 cm³/mol. The molecule has 6 heteroatoms. The minimum atomic E-state index is -3.08. The number of hydrogen-bond acceptors (Lipinski definition) is 4. The lowest BCUT2D eigenvalue weighted by molar-refractivity contribution is 0.474. The monoisotopic (exact) mass is 315 g/mol. The third kappa shape index (κ3) is 3.17. The maximum Gasteiger partial charge on any atom is 0.173 e. The van der Waals surface area contributed by atoms with Gasteiger partial charge in [-0.2, -0.15) is 0 Å². The summed E-state index contributed by atoms with van der Waals surface area (Å²) in [6, 6.07) is 4.61. The summed E-state index contributed by atoms with van der Waals surface area (Å²) in [5, 5.41) is 10.7. The average Bonchev–Trinajstić information content (AvgIpc) is 2.60. The number of phenols is 1. The highest BCUT2D eigenvalue weighted by atomic mass is 79.9. The first-order valence-corrected chi connectivity index (χ1v) is 7.40. The number of sulfone groups is 1. The van der Waals surface area contributed by atoms with Gasteiger partial charge in [-0.25, -0.2) is 8.42 Å². The Kier molecular flexibility index (Phi) is 3.35. The fraction of sp³-hybridized carbons (Fsp3) is 0.182. The molecule has 0 fully saturated rings. The van der Waals surface area contributed by atoms with E-state index >= 15 is 0 Å². The van der Waals surface area contributed by atoms with Crippen LogP contribution >= 0.6 is 15.9 Å². The van der Waals surface area contributed by atoms with Crippen LogP contribution in [0.5, 0.6) is 5.75 Å². The Bertz CT molecular complexity index is 593. The van der Waals surface area contributed by atoms with Gasteiger partial charge in [-0.1, -0.05) is 15.9 Å². The molecular formula is C11H10BrNO3S. The summed E-state index contributed by atoms with van der Waals surface area (Å²) >= 11 is 3.29. The number of halogens is 1. The molecule has 90 valence electrons. The number of aliphatic imine (C=N–C) groups is 1. The molecule has 1 aromatic carbocycles. The zero-order chi connectivity index (χ0) is 12.5. The van der Waals surface area contributed by atoms with E-state index in [-0.39, 0.29) is 17.5 Å². The quantitative estimate of drug-likeness (QED) is 0.847. The second-order valence-electron chi connectivity index (χ2n) is 3.71. The SMILES string of the molecule is O=S1(=O)C=C[C@@H](N=Cc2cc(Br)ccc2O)C1. The van der Waals surface area contributed by atoms with E-state index in [1.807, 2.05) is 0 Å². The molecule has 17 heavy (non-hydrogen) atoms. The normalized spacial score (nSPS) is 22.3. The lowest BCUT2D eigenvalue weighted by atomic mass is 10.2. The molecule has 0 radical (unpaired) electrons. The number of benzene rings is 1. The minimum Gasteiger partial charge on any atom is -0.507 e. The summed E-state index contributed by atoms with van der Waals surface area (Å²) in [6.07, 6.45) is 3.02. The summed E-state index contributed by atoms with van der Waals surface area (Å²) in [4.78, 5) is 4.12. The van der Waals surface area contributed by atoms with E-state index in [1.165, 1.54) is 11.6 Å². The van der Waals surface area contributed by atoms with Crippen LogP contribution in [0.25, 0.3) is 0 Å². The van der Waals surface area contributed by atoms with Crippen LogP contribution in [0.3, 0.4) is 0 Å². The van der Waals surface area contributed by atoms with Gasteiger partial charge in [0.1, 0.15) is 5.75 Å². The van der Waals surface area contributed by atoms with E-state index in [2.05, 4.69) is 20.9 Å². The van der Waals surface area contributed by atoms with Crippen LogP contribution in [-0.2, 0) is 9.84 Å². The number of phenolic OH excluding ortho intramolecular Hbond substituents is 1. The first-order valence-electron chi connectivity index (χ1n) is 4.89. The molecule has 0 aromatic heterocycles. The van der Waals surface area contributed by atoms with Crippen molar-refractivity contribution in [3.63, 3.8) is 0 Å². The lowest BCUT2D eigenvalue weighted by Crippen LogP contribution is -2.08. The van der Waals surface area contributed by atoms with Gasteiger partial charge in [0.25, 0.3) is 0 Å². The van der Waals surface area contributed by atoms with Crippen molar-refractivity contribution in [2.75, 3.05) is 5.75 Å². The van der Waals surface area contributed by atoms with Gasteiger partial charge >= 0.3 is 0 Å². The van der Waals surface area contributed by atoms with Gasteiger partial charge in [-0.15, -0.1) is 0 Å². The molecule has 4 nitrogen and oxygen atoms in total.